The number of ether oxygens (including phenoxy) is 1. The predicted octanol–water partition coefficient (Wildman–Crippen LogP) is 0.833. The zero-order chi connectivity index (χ0) is 18.4. The fraction of sp³-hybridized carbons (Fsp3) is 0.500. The molecule has 2 heterocycles. The van der Waals surface area contributed by atoms with E-state index in [2.05, 4.69) is 0 Å². The maximum absolute atomic E-state index is 13.0. The number of likely N-dealkylation sites (N-methyl/N-ethyl adjacent to an activating group) is 1. The second kappa shape index (κ2) is 6.06. The molecular formula is C18H23N3O4. The summed E-state index contributed by atoms with van der Waals surface area (Å²) in [5.41, 5.74) is 5.39. The molecule has 0 bridgehead atoms. The molecule has 25 heavy (non-hydrogen) atoms. The van der Waals surface area contributed by atoms with Gasteiger partial charge in [-0.1, -0.05) is 6.07 Å². The fourth-order valence-electron chi connectivity index (χ4n) is 3.47. The molecule has 1 saturated heterocycles. The van der Waals surface area contributed by atoms with Crippen molar-refractivity contribution in [2.75, 3.05) is 25.0 Å². The third-order valence-corrected chi connectivity index (χ3v) is 5.10. The highest BCUT2D eigenvalue weighted by Gasteiger charge is 2.51. The molecule has 2 aliphatic heterocycles. The van der Waals surface area contributed by atoms with Crippen molar-refractivity contribution in [3.8, 4) is 5.75 Å². The SMILES string of the molecule is Cc1ccc2c(c1)N(C)C(=O)C(C)(C(=O)N1CCC(C(N)=O)CC1)O2. The number of fused-ring (bicyclic) bond motifs is 1. The first-order valence-electron chi connectivity index (χ1n) is 8.40. The van der Waals surface area contributed by atoms with Gasteiger partial charge >= 0.3 is 0 Å². The topological polar surface area (TPSA) is 92.9 Å². The largest absolute Gasteiger partial charge is 0.465 e. The number of anilines is 1. The van der Waals surface area contributed by atoms with Gasteiger partial charge in [0.05, 0.1) is 5.69 Å². The minimum atomic E-state index is -1.60. The van der Waals surface area contributed by atoms with Gasteiger partial charge < -0.3 is 20.3 Å². The molecule has 1 atom stereocenters. The van der Waals surface area contributed by atoms with Gasteiger partial charge in [0.15, 0.2) is 0 Å². The average Bonchev–Trinajstić information content (AvgIpc) is 2.60. The van der Waals surface area contributed by atoms with E-state index < -0.39 is 11.5 Å². The quantitative estimate of drug-likeness (QED) is 0.804. The number of primary amides is 1. The minimum absolute atomic E-state index is 0.216. The number of hydrogen-bond donors (Lipinski definition) is 1. The molecule has 1 aromatic rings. The van der Waals surface area contributed by atoms with E-state index in [0.717, 1.165) is 5.56 Å². The number of likely N-dealkylation sites (tertiary alicyclic amines) is 1. The van der Waals surface area contributed by atoms with Gasteiger partial charge in [0.25, 0.3) is 17.4 Å². The molecule has 3 amide bonds. The summed E-state index contributed by atoms with van der Waals surface area (Å²) in [6.07, 6.45) is 1.02. The van der Waals surface area contributed by atoms with Crippen LogP contribution in [0.4, 0.5) is 5.69 Å². The zero-order valence-electron chi connectivity index (χ0n) is 14.7. The number of benzene rings is 1. The molecule has 0 aliphatic carbocycles. The van der Waals surface area contributed by atoms with Crippen LogP contribution in [-0.4, -0.2) is 48.4 Å². The Kier molecular flexibility index (Phi) is 4.18. The van der Waals surface area contributed by atoms with E-state index >= 15 is 0 Å². The third-order valence-electron chi connectivity index (χ3n) is 5.10. The van der Waals surface area contributed by atoms with Gasteiger partial charge in [0, 0.05) is 26.1 Å². The van der Waals surface area contributed by atoms with Gasteiger partial charge in [0.2, 0.25) is 5.91 Å². The van der Waals surface area contributed by atoms with E-state index in [9.17, 15) is 14.4 Å². The van der Waals surface area contributed by atoms with Crippen molar-refractivity contribution < 1.29 is 19.1 Å². The number of nitrogens with two attached hydrogens (primary N) is 1. The van der Waals surface area contributed by atoms with Crippen LogP contribution in [0.2, 0.25) is 0 Å². The summed E-state index contributed by atoms with van der Waals surface area (Å²) < 4.78 is 5.87. The van der Waals surface area contributed by atoms with Crippen LogP contribution in [0, 0.1) is 12.8 Å². The molecule has 7 nitrogen and oxygen atoms in total. The van der Waals surface area contributed by atoms with E-state index in [1.807, 2.05) is 19.1 Å². The van der Waals surface area contributed by atoms with Crippen molar-refractivity contribution >= 4 is 23.4 Å². The van der Waals surface area contributed by atoms with Gasteiger partial charge in [-0.05, 0) is 44.4 Å². The Bertz CT molecular complexity index is 740. The van der Waals surface area contributed by atoms with Crippen molar-refractivity contribution in [1.82, 2.24) is 4.90 Å². The standard InChI is InChI=1S/C18H23N3O4/c1-11-4-5-14-13(10-11)20(3)16(23)18(2,25-14)17(24)21-8-6-12(7-9-21)15(19)22/h4-5,10,12H,6-9H2,1-3H3,(H2,19,22). The van der Waals surface area contributed by atoms with Crippen LogP contribution in [0.5, 0.6) is 5.75 Å². The van der Waals surface area contributed by atoms with Crippen LogP contribution in [-0.2, 0) is 14.4 Å². The first-order valence-corrected chi connectivity index (χ1v) is 8.40. The van der Waals surface area contributed by atoms with E-state index in [-0.39, 0.29) is 17.7 Å². The van der Waals surface area contributed by atoms with Crippen LogP contribution >= 0.6 is 0 Å². The highest BCUT2D eigenvalue weighted by atomic mass is 16.5. The molecule has 0 aromatic heterocycles. The summed E-state index contributed by atoms with van der Waals surface area (Å²) in [6, 6.07) is 5.51. The highest BCUT2D eigenvalue weighted by Crippen LogP contribution is 2.38. The highest BCUT2D eigenvalue weighted by molar-refractivity contribution is 6.16. The second-order valence-electron chi connectivity index (χ2n) is 6.94. The fourth-order valence-corrected chi connectivity index (χ4v) is 3.47. The number of piperidine rings is 1. The molecule has 0 saturated carbocycles. The number of amides is 3. The van der Waals surface area contributed by atoms with Crippen molar-refractivity contribution in [3.05, 3.63) is 23.8 Å². The molecule has 2 N–H and O–H groups in total. The van der Waals surface area contributed by atoms with E-state index in [1.54, 1.807) is 18.0 Å². The van der Waals surface area contributed by atoms with Gasteiger partial charge in [-0.2, -0.15) is 0 Å². The number of carbonyl (C=O) groups is 3. The molecule has 0 radical (unpaired) electrons. The zero-order valence-corrected chi connectivity index (χ0v) is 14.7. The summed E-state index contributed by atoms with van der Waals surface area (Å²) in [6.45, 7) is 4.23. The van der Waals surface area contributed by atoms with Crippen LogP contribution in [0.25, 0.3) is 0 Å². The number of nitrogens with zero attached hydrogens (tertiary/aromatic N) is 2. The van der Waals surface area contributed by atoms with E-state index in [4.69, 9.17) is 10.5 Å². The molecule has 134 valence electrons. The molecule has 2 aliphatic rings. The van der Waals surface area contributed by atoms with Crippen molar-refractivity contribution in [3.63, 3.8) is 0 Å². The lowest BCUT2D eigenvalue weighted by Crippen LogP contribution is -2.63. The third kappa shape index (κ3) is 2.83. The summed E-state index contributed by atoms with van der Waals surface area (Å²) >= 11 is 0. The van der Waals surface area contributed by atoms with Crippen LogP contribution in [0.3, 0.4) is 0 Å². The Balaban J connectivity index is 1.84. The lowest BCUT2D eigenvalue weighted by atomic mass is 9.93. The Hall–Kier alpha value is -2.57. The van der Waals surface area contributed by atoms with Crippen LogP contribution < -0.4 is 15.4 Å². The molecular weight excluding hydrogens is 322 g/mol. The number of carbonyl (C=O) groups excluding carboxylic acids is 3. The summed E-state index contributed by atoms with van der Waals surface area (Å²) in [4.78, 5) is 40.2. The monoisotopic (exact) mass is 345 g/mol. The van der Waals surface area contributed by atoms with Crippen molar-refractivity contribution in [1.29, 1.82) is 0 Å². The smallest absolute Gasteiger partial charge is 0.280 e. The van der Waals surface area contributed by atoms with Gasteiger partial charge in [-0.15, -0.1) is 0 Å². The molecule has 1 aromatic carbocycles. The summed E-state index contributed by atoms with van der Waals surface area (Å²) in [5.74, 6) is -0.819. The average molecular weight is 345 g/mol. The normalized spacial score (nSPS) is 23.9. The number of rotatable bonds is 2. The lowest BCUT2D eigenvalue weighted by Gasteiger charge is -2.41. The summed E-state index contributed by atoms with van der Waals surface area (Å²) in [7, 11) is 1.65. The van der Waals surface area contributed by atoms with Gasteiger partial charge in [-0.25, -0.2) is 0 Å². The van der Waals surface area contributed by atoms with Crippen LogP contribution in [0.15, 0.2) is 18.2 Å². The molecule has 7 heteroatoms. The summed E-state index contributed by atoms with van der Waals surface area (Å²) in [5, 5.41) is 0. The van der Waals surface area contributed by atoms with E-state index in [1.165, 1.54) is 11.8 Å². The number of aryl methyl sites for hydroxylation is 1. The van der Waals surface area contributed by atoms with Gasteiger partial charge in [-0.3, -0.25) is 14.4 Å². The second-order valence-corrected chi connectivity index (χ2v) is 6.94. The van der Waals surface area contributed by atoms with Crippen molar-refractivity contribution in [2.45, 2.75) is 32.3 Å². The Morgan fingerprint density at radius 3 is 2.52 bits per heavy atom. The maximum Gasteiger partial charge on any atom is 0.280 e. The molecule has 1 fully saturated rings. The Labute approximate surface area is 146 Å². The lowest BCUT2D eigenvalue weighted by molar-refractivity contribution is -0.157. The Morgan fingerprint density at radius 2 is 1.92 bits per heavy atom. The van der Waals surface area contributed by atoms with Crippen molar-refractivity contribution in [2.24, 2.45) is 11.7 Å². The Morgan fingerprint density at radius 1 is 1.28 bits per heavy atom. The van der Waals surface area contributed by atoms with Crippen LogP contribution in [0.1, 0.15) is 25.3 Å². The minimum Gasteiger partial charge on any atom is -0.465 e. The van der Waals surface area contributed by atoms with E-state index in [0.29, 0.717) is 37.4 Å². The molecule has 0 spiro atoms. The first-order chi connectivity index (χ1) is 11.7. The predicted molar refractivity (Wildman–Crippen MR) is 92.1 cm³/mol. The molecule has 3 rings (SSSR count). The molecule has 1 unspecified atom stereocenters. The maximum atomic E-state index is 13.0. The number of hydrogen-bond acceptors (Lipinski definition) is 4. The first kappa shape index (κ1) is 17.3. The van der Waals surface area contributed by atoms with Gasteiger partial charge in [0.1, 0.15) is 5.75 Å².